The molecular weight excluding hydrogens is 296 g/mol. The first-order valence-corrected chi connectivity index (χ1v) is 8.59. The summed E-state index contributed by atoms with van der Waals surface area (Å²) in [6, 6.07) is 20.7. The quantitative estimate of drug-likeness (QED) is 0.702. The van der Waals surface area contributed by atoms with Crippen molar-refractivity contribution in [2.24, 2.45) is 5.73 Å². The summed E-state index contributed by atoms with van der Waals surface area (Å²) in [6.07, 6.45) is 0. The number of aromatic nitrogens is 1. The molecule has 0 aliphatic carbocycles. The number of hydrogen-bond acceptors (Lipinski definition) is 4. The van der Waals surface area contributed by atoms with Crippen LogP contribution in [0, 0.1) is 0 Å². The molecule has 21 heavy (non-hydrogen) atoms. The van der Waals surface area contributed by atoms with Crippen LogP contribution < -0.4 is 5.73 Å². The third-order valence-corrected chi connectivity index (χ3v) is 5.36. The minimum atomic E-state index is 0.540. The van der Waals surface area contributed by atoms with E-state index >= 15 is 0 Å². The molecule has 0 radical (unpaired) electrons. The first-order valence-electron chi connectivity index (χ1n) is 6.78. The molecule has 2 N–H and O–H groups in total. The van der Waals surface area contributed by atoms with Crippen LogP contribution in [0.4, 0.5) is 0 Å². The summed E-state index contributed by atoms with van der Waals surface area (Å²) in [5.41, 5.74) is 8.05. The van der Waals surface area contributed by atoms with E-state index in [1.807, 2.05) is 36.0 Å². The van der Waals surface area contributed by atoms with Crippen LogP contribution in [0.5, 0.6) is 0 Å². The second-order valence-electron chi connectivity index (χ2n) is 4.55. The lowest BCUT2D eigenvalue weighted by Crippen LogP contribution is -1.95. The highest BCUT2D eigenvalue weighted by Gasteiger charge is 2.11. The normalized spacial score (nSPS) is 10.7. The van der Waals surface area contributed by atoms with E-state index in [-0.39, 0.29) is 0 Å². The Labute approximate surface area is 133 Å². The minimum absolute atomic E-state index is 0.540. The summed E-state index contributed by atoms with van der Waals surface area (Å²) in [6.45, 7) is 0.540. The summed E-state index contributed by atoms with van der Waals surface area (Å²) >= 11 is 3.52. The maximum Gasteiger partial charge on any atom is 0.104 e. The van der Waals surface area contributed by atoms with Gasteiger partial charge in [-0.15, -0.1) is 23.1 Å². The summed E-state index contributed by atoms with van der Waals surface area (Å²) in [5, 5.41) is 1.13. The third-order valence-electron chi connectivity index (χ3n) is 3.08. The van der Waals surface area contributed by atoms with Gasteiger partial charge in [0.2, 0.25) is 0 Å². The number of nitrogens with two attached hydrogens (primary N) is 1. The molecule has 0 saturated heterocycles. The van der Waals surface area contributed by atoms with Crippen molar-refractivity contribution in [3.8, 4) is 11.3 Å². The van der Waals surface area contributed by atoms with Crippen molar-refractivity contribution >= 4 is 23.1 Å². The molecule has 3 rings (SSSR count). The number of benzene rings is 2. The van der Waals surface area contributed by atoms with Gasteiger partial charge in [0, 0.05) is 21.9 Å². The number of rotatable bonds is 5. The highest BCUT2D eigenvalue weighted by Crippen LogP contribution is 2.31. The molecule has 0 amide bonds. The van der Waals surface area contributed by atoms with Gasteiger partial charge in [0.25, 0.3) is 0 Å². The molecular formula is C17H16N2S2. The van der Waals surface area contributed by atoms with Crippen LogP contribution >= 0.6 is 23.1 Å². The standard InChI is InChI=1S/C17H16N2S2/c18-11-15-17(13-7-3-1-4-8-13)19-16(21-15)12-20-14-9-5-2-6-10-14/h1-10H,11-12,18H2. The van der Waals surface area contributed by atoms with Gasteiger partial charge in [-0.3, -0.25) is 0 Å². The van der Waals surface area contributed by atoms with Gasteiger partial charge in [0.1, 0.15) is 5.01 Å². The van der Waals surface area contributed by atoms with Crippen molar-refractivity contribution in [1.29, 1.82) is 0 Å². The zero-order valence-corrected chi connectivity index (χ0v) is 13.2. The Bertz CT molecular complexity index is 693. The Balaban J connectivity index is 1.80. The molecule has 0 saturated carbocycles. The van der Waals surface area contributed by atoms with E-state index < -0.39 is 0 Å². The van der Waals surface area contributed by atoms with Gasteiger partial charge in [-0.05, 0) is 12.1 Å². The number of hydrogen-bond donors (Lipinski definition) is 1. The van der Waals surface area contributed by atoms with E-state index in [0.717, 1.165) is 26.9 Å². The summed E-state index contributed by atoms with van der Waals surface area (Å²) in [4.78, 5) is 7.21. The molecule has 3 aromatic rings. The Morgan fingerprint density at radius 3 is 2.29 bits per heavy atom. The van der Waals surface area contributed by atoms with Crippen LogP contribution in [0.15, 0.2) is 65.6 Å². The number of nitrogens with zero attached hydrogens (tertiary/aromatic N) is 1. The van der Waals surface area contributed by atoms with Crippen LogP contribution in [-0.4, -0.2) is 4.98 Å². The second kappa shape index (κ2) is 6.89. The highest BCUT2D eigenvalue weighted by molar-refractivity contribution is 7.98. The number of thiazole rings is 1. The molecule has 0 spiro atoms. The average molecular weight is 312 g/mol. The molecule has 0 aliphatic heterocycles. The maximum atomic E-state index is 5.87. The molecule has 4 heteroatoms. The monoisotopic (exact) mass is 312 g/mol. The highest BCUT2D eigenvalue weighted by atomic mass is 32.2. The molecule has 1 aromatic heterocycles. The fraction of sp³-hybridized carbons (Fsp3) is 0.118. The predicted molar refractivity (Wildman–Crippen MR) is 91.4 cm³/mol. The van der Waals surface area contributed by atoms with Crippen LogP contribution in [0.25, 0.3) is 11.3 Å². The largest absolute Gasteiger partial charge is 0.326 e. The van der Waals surface area contributed by atoms with Crippen molar-refractivity contribution < 1.29 is 0 Å². The van der Waals surface area contributed by atoms with Crippen LogP contribution in [0.2, 0.25) is 0 Å². The van der Waals surface area contributed by atoms with E-state index in [4.69, 9.17) is 10.7 Å². The van der Waals surface area contributed by atoms with Gasteiger partial charge in [0.05, 0.1) is 11.4 Å². The fourth-order valence-corrected chi connectivity index (χ4v) is 3.97. The Morgan fingerprint density at radius 2 is 1.62 bits per heavy atom. The van der Waals surface area contributed by atoms with Crippen molar-refractivity contribution in [1.82, 2.24) is 4.98 Å². The van der Waals surface area contributed by atoms with Gasteiger partial charge in [-0.1, -0.05) is 48.5 Å². The SMILES string of the molecule is NCc1sc(CSc2ccccc2)nc1-c1ccccc1. The average Bonchev–Trinajstić information content (AvgIpc) is 2.98. The van der Waals surface area contributed by atoms with Crippen molar-refractivity contribution in [2.75, 3.05) is 0 Å². The zero-order valence-electron chi connectivity index (χ0n) is 11.5. The third kappa shape index (κ3) is 3.53. The van der Waals surface area contributed by atoms with Crippen LogP contribution in [-0.2, 0) is 12.3 Å². The zero-order chi connectivity index (χ0) is 14.5. The Morgan fingerprint density at radius 1 is 0.952 bits per heavy atom. The van der Waals surface area contributed by atoms with Crippen molar-refractivity contribution in [2.45, 2.75) is 17.2 Å². The van der Waals surface area contributed by atoms with Gasteiger partial charge < -0.3 is 5.73 Å². The van der Waals surface area contributed by atoms with Crippen molar-refractivity contribution in [3.05, 3.63) is 70.5 Å². The Kier molecular flexibility index (Phi) is 4.70. The fourth-order valence-electron chi connectivity index (χ4n) is 2.08. The van der Waals surface area contributed by atoms with E-state index in [1.165, 1.54) is 4.90 Å². The van der Waals surface area contributed by atoms with Gasteiger partial charge >= 0.3 is 0 Å². The van der Waals surface area contributed by atoms with E-state index in [9.17, 15) is 0 Å². The second-order valence-corrected chi connectivity index (χ2v) is 6.77. The van der Waals surface area contributed by atoms with Crippen LogP contribution in [0.3, 0.4) is 0 Å². The minimum Gasteiger partial charge on any atom is -0.326 e. The summed E-state index contributed by atoms with van der Waals surface area (Å²) in [5.74, 6) is 0.883. The van der Waals surface area contributed by atoms with E-state index in [2.05, 4.69) is 36.4 Å². The molecule has 0 bridgehead atoms. The van der Waals surface area contributed by atoms with E-state index in [1.54, 1.807) is 11.3 Å². The number of thioether (sulfide) groups is 1. The van der Waals surface area contributed by atoms with Gasteiger partial charge in [-0.2, -0.15) is 0 Å². The molecule has 0 atom stereocenters. The molecule has 1 heterocycles. The molecule has 0 aliphatic rings. The first-order chi connectivity index (χ1) is 10.4. The smallest absolute Gasteiger partial charge is 0.104 e. The molecule has 0 fully saturated rings. The first kappa shape index (κ1) is 14.3. The lowest BCUT2D eigenvalue weighted by molar-refractivity contribution is 1.10. The summed E-state index contributed by atoms with van der Waals surface area (Å²) < 4.78 is 0. The lowest BCUT2D eigenvalue weighted by atomic mass is 10.1. The summed E-state index contributed by atoms with van der Waals surface area (Å²) in [7, 11) is 0. The van der Waals surface area contributed by atoms with E-state index in [0.29, 0.717) is 6.54 Å². The topological polar surface area (TPSA) is 38.9 Å². The lowest BCUT2D eigenvalue weighted by Gasteiger charge is -1.99. The molecule has 2 aromatic carbocycles. The molecule has 106 valence electrons. The predicted octanol–water partition coefficient (Wildman–Crippen LogP) is 4.56. The van der Waals surface area contributed by atoms with Gasteiger partial charge in [-0.25, -0.2) is 4.98 Å². The Hall–Kier alpha value is -1.62. The maximum absolute atomic E-state index is 5.87. The molecule has 2 nitrogen and oxygen atoms in total. The van der Waals surface area contributed by atoms with Crippen molar-refractivity contribution in [3.63, 3.8) is 0 Å². The molecule has 0 unspecified atom stereocenters. The van der Waals surface area contributed by atoms with Gasteiger partial charge in [0.15, 0.2) is 0 Å². The van der Waals surface area contributed by atoms with Crippen LogP contribution in [0.1, 0.15) is 9.88 Å².